The largest absolute Gasteiger partial charge is 0.400 e. The van der Waals surface area contributed by atoms with Crippen LogP contribution < -0.4 is 4.74 Å². The third-order valence-electron chi connectivity index (χ3n) is 1.61. The third kappa shape index (κ3) is 1.38. The summed E-state index contributed by atoms with van der Waals surface area (Å²) in [6, 6.07) is 1.79. The lowest BCUT2D eigenvalue weighted by molar-refractivity contribution is -0.120. The number of pyridine rings is 1. The molecule has 0 bridgehead atoms. The van der Waals surface area contributed by atoms with Crippen molar-refractivity contribution in [3.05, 3.63) is 18.0 Å². The highest BCUT2D eigenvalue weighted by Gasteiger charge is 2.06. The average molecular weight is 194 g/mol. The summed E-state index contributed by atoms with van der Waals surface area (Å²) in [5, 5.41) is 0.362. The number of ether oxygens (including phenoxy) is 1. The maximum atomic E-state index is 10.1. The number of carbonyl (C=O) groups is 1. The molecular weight excluding hydrogens is 188 g/mol. The number of carbonyl (C=O) groups excluding carboxylic acids is 1. The zero-order chi connectivity index (χ0) is 9.26. The summed E-state index contributed by atoms with van der Waals surface area (Å²) in [6.45, 7) is 2.27. The third-order valence-corrected chi connectivity index (χ3v) is 2.68. The lowest BCUT2D eigenvalue weighted by Gasteiger charge is -1.88. The Kier molecular flexibility index (Phi) is 1.94. The van der Waals surface area contributed by atoms with E-state index in [1.165, 1.54) is 11.3 Å². The highest BCUT2D eigenvalue weighted by atomic mass is 32.1. The van der Waals surface area contributed by atoms with Gasteiger partial charge in [0.15, 0.2) is 0 Å². The number of rotatable bonds is 2. The molecule has 5 heteroatoms. The molecule has 0 saturated heterocycles. The van der Waals surface area contributed by atoms with Gasteiger partial charge >= 0.3 is 0 Å². The van der Waals surface area contributed by atoms with Crippen LogP contribution in [0, 0.1) is 6.92 Å². The SMILES string of the molecule is Cc1nccc2nc(OC=O)sc12. The minimum Gasteiger partial charge on any atom is -0.400 e. The van der Waals surface area contributed by atoms with Crippen molar-refractivity contribution < 1.29 is 9.53 Å². The van der Waals surface area contributed by atoms with Crippen LogP contribution in [0.1, 0.15) is 5.69 Å². The maximum absolute atomic E-state index is 10.1. The quantitative estimate of drug-likeness (QED) is 0.680. The molecular formula is C8H6N2O2S. The fraction of sp³-hybridized carbons (Fsp3) is 0.125. The fourth-order valence-corrected chi connectivity index (χ4v) is 1.88. The molecule has 2 aromatic rings. The molecule has 0 fully saturated rings. The Balaban J connectivity index is 2.61. The van der Waals surface area contributed by atoms with Crippen LogP contribution in [0.3, 0.4) is 0 Å². The minimum absolute atomic E-state index is 0.362. The summed E-state index contributed by atoms with van der Waals surface area (Å²) in [4.78, 5) is 18.3. The standard InChI is InChI=1S/C8H6N2O2S/c1-5-7-6(2-3-9-5)10-8(13-7)12-4-11/h2-4H,1H3. The van der Waals surface area contributed by atoms with Crippen LogP contribution in [-0.4, -0.2) is 16.4 Å². The van der Waals surface area contributed by atoms with Crippen LogP contribution in [0.15, 0.2) is 12.3 Å². The Morgan fingerprint density at radius 2 is 2.46 bits per heavy atom. The van der Waals surface area contributed by atoms with Gasteiger partial charge in [-0.2, -0.15) is 0 Å². The van der Waals surface area contributed by atoms with Crippen LogP contribution in [-0.2, 0) is 4.79 Å². The van der Waals surface area contributed by atoms with Crippen molar-refractivity contribution in [2.75, 3.05) is 0 Å². The van der Waals surface area contributed by atoms with Crippen LogP contribution >= 0.6 is 11.3 Å². The molecule has 0 amide bonds. The van der Waals surface area contributed by atoms with Gasteiger partial charge in [-0.3, -0.25) is 9.78 Å². The fourth-order valence-electron chi connectivity index (χ4n) is 1.05. The minimum atomic E-state index is 0.362. The van der Waals surface area contributed by atoms with E-state index in [0.717, 1.165) is 15.9 Å². The Bertz CT molecular complexity index is 452. The average Bonchev–Trinajstić information content (AvgIpc) is 2.49. The highest BCUT2D eigenvalue weighted by molar-refractivity contribution is 7.20. The molecule has 2 rings (SSSR count). The lowest BCUT2D eigenvalue weighted by atomic mass is 10.3. The summed E-state index contributed by atoms with van der Waals surface area (Å²) in [6.07, 6.45) is 1.68. The normalized spacial score (nSPS) is 10.2. The van der Waals surface area contributed by atoms with Crippen LogP contribution in [0.4, 0.5) is 0 Å². The predicted molar refractivity (Wildman–Crippen MR) is 48.8 cm³/mol. The molecule has 0 saturated carbocycles. The lowest BCUT2D eigenvalue weighted by Crippen LogP contribution is -1.85. The summed E-state index contributed by atoms with van der Waals surface area (Å²) in [5.74, 6) is 0. The van der Waals surface area contributed by atoms with Gasteiger partial charge in [-0.1, -0.05) is 11.3 Å². The monoisotopic (exact) mass is 194 g/mol. The number of hydrogen-bond acceptors (Lipinski definition) is 5. The van der Waals surface area contributed by atoms with Crippen LogP contribution in [0.25, 0.3) is 10.2 Å². The van der Waals surface area contributed by atoms with Gasteiger partial charge in [-0.25, -0.2) is 4.98 Å². The van der Waals surface area contributed by atoms with E-state index >= 15 is 0 Å². The van der Waals surface area contributed by atoms with Crippen molar-refractivity contribution in [1.29, 1.82) is 0 Å². The first-order valence-electron chi connectivity index (χ1n) is 3.63. The van der Waals surface area contributed by atoms with Crippen molar-refractivity contribution in [3.8, 4) is 5.19 Å². The Labute approximate surface area is 78.2 Å². The Morgan fingerprint density at radius 3 is 3.15 bits per heavy atom. The number of aromatic nitrogens is 2. The second-order valence-corrected chi connectivity index (χ2v) is 3.40. The van der Waals surface area contributed by atoms with Gasteiger partial charge in [0.1, 0.15) is 0 Å². The molecule has 0 N–H and O–H groups in total. The van der Waals surface area contributed by atoms with Gasteiger partial charge in [0, 0.05) is 6.20 Å². The first-order valence-corrected chi connectivity index (χ1v) is 4.45. The van der Waals surface area contributed by atoms with Gasteiger partial charge < -0.3 is 4.74 Å². The van der Waals surface area contributed by atoms with Crippen LogP contribution in [0.5, 0.6) is 5.19 Å². The molecule has 4 nitrogen and oxygen atoms in total. The first-order chi connectivity index (χ1) is 6.31. The van der Waals surface area contributed by atoms with E-state index in [1.807, 2.05) is 6.92 Å². The van der Waals surface area contributed by atoms with E-state index in [9.17, 15) is 4.79 Å². The molecule has 0 aromatic carbocycles. The van der Waals surface area contributed by atoms with Gasteiger partial charge in [0.05, 0.1) is 15.9 Å². The van der Waals surface area contributed by atoms with Crippen LogP contribution in [0.2, 0.25) is 0 Å². The number of fused-ring (bicyclic) bond motifs is 1. The number of aryl methyl sites for hydroxylation is 1. The maximum Gasteiger partial charge on any atom is 0.300 e. The van der Waals surface area contributed by atoms with E-state index in [1.54, 1.807) is 12.3 Å². The van der Waals surface area contributed by atoms with Crippen molar-refractivity contribution in [3.63, 3.8) is 0 Å². The van der Waals surface area contributed by atoms with Gasteiger partial charge in [0.25, 0.3) is 11.7 Å². The van der Waals surface area contributed by atoms with Gasteiger partial charge in [0.2, 0.25) is 0 Å². The molecule has 66 valence electrons. The molecule has 2 heterocycles. The topological polar surface area (TPSA) is 52.1 Å². The Hall–Kier alpha value is -1.49. The summed E-state index contributed by atoms with van der Waals surface area (Å²) in [5.41, 5.74) is 1.71. The van der Waals surface area contributed by atoms with Gasteiger partial charge in [-0.15, -0.1) is 0 Å². The summed E-state index contributed by atoms with van der Waals surface area (Å²) in [7, 11) is 0. The zero-order valence-electron chi connectivity index (χ0n) is 6.85. The first kappa shape index (κ1) is 8.12. The highest BCUT2D eigenvalue weighted by Crippen LogP contribution is 2.28. The van der Waals surface area contributed by atoms with E-state index in [4.69, 9.17) is 0 Å². The smallest absolute Gasteiger partial charge is 0.300 e. The molecule has 0 radical (unpaired) electrons. The van der Waals surface area contributed by atoms with Crippen molar-refractivity contribution >= 4 is 28.0 Å². The molecule has 0 atom stereocenters. The molecule has 0 spiro atoms. The number of hydrogen-bond donors (Lipinski definition) is 0. The molecule has 0 aliphatic rings. The predicted octanol–water partition coefficient (Wildman–Crippen LogP) is 1.53. The van der Waals surface area contributed by atoms with E-state index in [-0.39, 0.29) is 0 Å². The molecule has 0 aliphatic heterocycles. The van der Waals surface area contributed by atoms with Crippen molar-refractivity contribution in [1.82, 2.24) is 9.97 Å². The molecule has 2 aromatic heterocycles. The summed E-state index contributed by atoms with van der Waals surface area (Å²) < 4.78 is 5.60. The second kappa shape index (κ2) is 3.10. The van der Waals surface area contributed by atoms with Crippen molar-refractivity contribution in [2.45, 2.75) is 6.92 Å². The Morgan fingerprint density at radius 1 is 1.62 bits per heavy atom. The summed E-state index contributed by atoms with van der Waals surface area (Å²) >= 11 is 1.32. The van der Waals surface area contributed by atoms with Gasteiger partial charge in [-0.05, 0) is 13.0 Å². The molecule has 0 aliphatic carbocycles. The number of thiazole rings is 1. The zero-order valence-corrected chi connectivity index (χ0v) is 7.67. The molecule has 13 heavy (non-hydrogen) atoms. The van der Waals surface area contributed by atoms with E-state index in [2.05, 4.69) is 14.7 Å². The molecule has 0 unspecified atom stereocenters. The second-order valence-electron chi connectivity index (χ2n) is 2.44. The van der Waals surface area contributed by atoms with E-state index < -0.39 is 0 Å². The number of nitrogens with zero attached hydrogens (tertiary/aromatic N) is 2. The van der Waals surface area contributed by atoms with E-state index in [0.29, 0.717) is 11.7 Å². The van der Waals surface area contributed by atoms with Crippen molar-refractivity contribution in [2.24, 2.45) is 0 Å².